The molecule has 3 aromatic carbocycles. The molecule has 19 nitrogen and oxygen atoms in total. The van der Waals surface area contributed by atoms with Crippen LogP contribution in [0.1, 0.15) is 77.3 Å². The molecule has 4 aliphatic heterocycles. The molecule has 0 radical (unpaired) electrons. The van der Waals surface area contributed by atoms with Crippen LogP contribution in [0.15, 0.2) is 85.5 Å². The first kappa shape index (κ1) is 44.2. The summed E-state index contributed by atoms with van der Waals surface area (Å²) in [5.74, 6) is -1.61. The van der Waals surface area contributed by atoms with Crippen LogP contribution in [-0.4, -0.2) is 133 Å². The Kier molecular flexibility index (Phi) is 12.3. The molecule has 19 heteroatoms. The van der Waals surface area contributed by atoms with Crippen molar-refractivity contribution in [1.29, 1.82) is 0 Å². The molecule has 2 aromatic heterocycles. The number of imide groups is 2. The van der Waals surface area contributed by atoms with Gasteiger partial charge < -0.3 is 35.2 Å². The maximum atomic E-state index is 13.4. The number of imidazole rings is 1. The third-order valence-corrected chi connectivity index (χ3v) is 13.9. The molecule has 5 aromatic rings. The number of aromatic nitrogens is 4. The number of fused-ring (bicyclic) bond motifs is 2. The fraction of sp³-hybridized carbons (Fsp3) is 0.388. The first-order valence-electron chi connectivity index (χ1n) is 23.3. The van der Waals surface area contributed by atoms with Crippen molar-refractivity contribution in [2.45, 2.75) is 69.5 Å². The molecular weight excluding hydrogens is 869 g/mol. The van der Waals surface area contributed by atoms with Gasteiger partial charge in [-0.05, 0) is 80.0 Å². The number of carbonyl (C=O) groups is 7. The van der Waals surface area contributed by atoms with Crippen LogP contribution < -0.4 is 26.2 Å². The Hall–Kier alpha value is -7.70. The lowest BCUT2D eigenvalue weighted by atomic mass is 9.86. The lowest BCUT2D eigenvalue weighted by Gasteiger charge is -2.37. The van der Waals surface area contributed by atoms with Crippen molar-refractivity contribution in [3.05, 3.63) is 102 Å². The normalized spacial score (nSPS) is 20.8. The van der Waals surface area contributed by atoms with E-state index in [1.807, 2.05) is 47.4 Å². The van der Waals surface area contributed by atoms with E-state index in [0.29, 0.717) is 82.0 Å². The number of nitrogens with one attached hydrogen (secondary N) is 4. The van der Waals surface area contributed by atoms with E-state index in [2.05, 4.69) is 57.8 Å². The van der Waals surface area contributed by atoms with Crippen LogP contribution >= 0.6 is 0 Å². The Balaban J connectivity index is 0.649. The average Bonchev–Trinajstić information content (AvgIpc) is 3.88. The highest BCUT2D eigenvalue weighted by Gasteiger charge is 2.46. The maximum Gasteiger partial charge on any atom is 0.264 e. The summed E-state index contributed by atoms with van der Waals surface area (Å²) in [6.07, 6.45) is 7.24. The molecule has 0 spiro atoms. The number of piperidine rings is 2. The van der Waals surface area contributed by atoms with Crippen molar-refractivity contribution in [2.75, 3.05) is 61.3 Å². The zero-order chi connectivity index (χ0) is 46.9. The van der Waals surface area contributed by atoms with E-state index >= 15 is 0 Å². The van der Waals surface area contributed by atoms with E-state index in [9.17, 15) is 33.6 Å². The second kappa shape index (κ2) is 18.9. The maximum absolute atomic E-state index is 13.4. The summed E-state index contributed by atoms with van der Waals surface area (Å²) in [6, 6.07) is 21.9. The highest BCUT2D eigenvalue weighted by Crippen LogP contribution is 2.36. The van der Waals surface area contributed by atoms with Crippen molar-refractivity contribution in [3.63, 3.8) is 0 Å². The van der Waals surface area contributed by atoms with Gasteiger partial charge in [0.1, 0.15) is 12.4 Å². The molecule has 1 aliphatic carbocycles. The Morgan fingerprint density at radius 1 is 0.750 bits per heavy atom. The second-order valence-electron chi connectivity index (χ2n) is 18.2. The topological polar surface area (TPSA) is 224 Å². The highest BCUT2D eigenvalue weighted by molar-refractivity contribution is 6.25. The molecule has 7 amide bonds. The Morgan fingerprint density at radius 3 is 2.25 bits per heavy atom. The molecule has 10 rings (SSSR count). The number of nitrogens with zero attached hydrogens (tertiary/aromatic N) is 8. The minimum Gasteiger partial charge on any atom is -0.375 e. The molecule has 1 atom stereocenters. The molecule has 1 saturated carbocycles. The molecule has 6 heterocycles. The summed E-state index contributed by atoms with van der Waals surface area (Å²) >= 11 is 0. The molecule has 3 saturated heterocycles. The fourth-order valence-corrected chi connectivity index (χ4v) is 10.0. The van der Waals surface area contributed by atoms with Crippen molar-refractivity contribution in [3.8, 4) is 0 Å². The van der Waals surface area contributed by atoms with Crippen molar-refractivity contribution >= 4 is 75.4 Å². The van der Waals surface area contributed by atoms with Crippen molar-refractivity contribution in [2.24, 2.45) is 5.92 Å². The summed E-state index contributed by atoms with van der Waals surface area (Å²) < 4.78 is 2.07. The van der Waals surface area contributed by atoms with Crippen LogP contribution in [0, 0.1) is 5.92 Å². The summed E-state index contributed by atoms with van der Waals surface area (Å²) in [6.45, 7) is 3.58. The molecule has 5 aliphatic rings. The minimum absolute atomic E-state index is 0.0253. The highest BCUT2D eigenvalue weighted by atomic mass is 16.2. The largest absolute Gasteiger partial charge is 0.375 e. The van der Waals surface area contributed by atoms with Gasteiger partial charge in [0.15, 0.2) is 17.0 Å². The summed E-state index contributed by atoms with van der Waals surface area (Å²) in [4.78, 5) is 111. The van der Waals surface area contributed by atoms with E-state index < -0.39 is 29.7 Å². The predicted octanol–water partition coefficient (Wildman–Crippen LogP) is 3.42. The van der Waals surface area contributed by atoms with Crippen LogP contribution in [0.25, 0.3) is 11.2 Å². The van der Waals surface area contributed by atoms with Crippen molar-refractivity contribution in [1.82, 2.24) is 44.9 Å². The quantitative estimate of drug-likeness (QED) is 0.125. The van der Waals surface area contributed by atoms with Gasteiger partial charge in [-0.25, -0.2) is 15.0 Å². The summed E-state index contributed by atoms with van der Waals surface area (Å²) in [5, 5.41) is 11.8. The molecule has 4 fully saturated rings. The van der Waals surface area contributed by atoms with E-state index in [0.717, 1.165) is 40.3 Å². The first-order chi connectivity index (χ1) is 33.1. The standard InChI is InChI=1S/C49H52N12O7/c62-39-14-13-38(47(66)56-39)61-48(67)36-7-4-8-37(43(36)49(61)68)50-27-42(65)58-17-15-31(16-18-58)24-41(64)59-21-19-57(20-22-59)34-11-9-32(10-12-34)55-45-44-46(52-28-51-45)60(29-53-44)35-25-33(26-35)54-40(63)23-30-5-2-1-3-6-30/h1-12,28-29,31,33,35,38,50H,13-27H2,(H,54,63)(H,51,52,55)(H,56,62,66)/t33?,35?,38-/m0/s1. The molecule has 0 unspecified atom stereocenters. The molecular formula is C49H52N12O7. The number of likely N-dealkylation sites (tertiary alicyclic amines) is 1. The fourth-order valence-electron chi connectivity index (χ4n) is 10.0. The number of piperazine rings is 1. The van der Waals surface area contributed by atoms with Crippen LogP contribution in [-0.2, 0) is 30.4 Å². The van der Waals surface area contributed by atoms with Gasteiger partial charge in [-0.2, -0.15) is 0 Å². The van der Waals surface area contributed by atoms with E-state index in [1.54, 1.807) is 23.4 Å². The second-order valence-corrected chi connectivity index (χ2v) is 18.2. The smallest absolute Gasteiger partial charge is 0.264 e. The van der Waals surface area contributed by atoms with Gasteiger partial charge >= 0.3 is 0 Å². The minimum atomic E-state index is -1.08. The number of hydrogen-bond acceptors (Lipinski definition) is 13. The zero-order valence-electron chi connectivity index (χ0n) is 37.4. The zero-order valence-corrected chi connectivity index (χ0v) is 37.4. The van der Waals surface area contributed by atoms with Crippen LogP contribution in [0.4, 0.5) is 22.9 Å². The Bertz CT molecular complexity index is 2780. The summed E-state index contributed by atoms with van der Waals surface area (Å²) in [7, 11) is 0. The van der Waals surface area contributed by atoms with E-state index in [1.165, 1.54) is 12.4 Å². The lowest BCUT2D eigenvalue weighted by Crippen LogP contribution is -2.54. The molecule has 4 N–H and O–H groups in total. The number of carbonyl (C=O) groups excluding carboxylic acids is 7. The van der Waals surface area contributed by atoms with Crippen LogP contribution in [0.2, 0.25) is 0 Å². The SMILES string of the molecule is O=C1CC[C@H](N2C(=O)c3cccc(NCC(=O)N4CCC(CC(=O)N5CCN(c6ccc(Nc7ncnc8c7ncn8C7CC(NC(=O)Cc8ccccc8)C7)cc6)CC5)CC4)c3C2=O)C(=O)N1. The molecule has 0 bridgehead atoms. The Labute approximate surface area is 391 Å². The van der Waals surface area contributed by atoms with E-state index in [-0.39, 0.29) is 66.2 Å². The number of rotatable bonds is 13. The van der Waals surface area contributed by atoms with Gasteiger partial charge in [0.2, 0.25) is 29.5 Å². The lowest BCUT2D eigenvalue weighted by molar-refractivity contribution is -0.137. The van der Waals surface area contributed by atoms with Gasteiger partial charge in [-0.1, -0.05) is 36.4 Å². The predicted molar refractivity (Wildman–Crippen MR) is 250 cm³/mol. The van der Waals surface area contributed by atoms with Gasteiger partial charge in [0, 0.05) is 81.3 Å². The third kappa shape index (κ3) is 9.07. The van der Waals surface area contributed by atoms with E-state index in [4.69, 9.17) is 0 Å². The molecule has 68 heavy (non-hydrogen) atoms. The Morgan fingerprint density at radius 2 is 1.50 bits per heavy atom. The van der Waals surface area contributed by atoms with Gasteiger partial charge in [-0.3, -0.25) is 43.8 Å². The number of benzene rings is 3. The first-order valence-corrected chi connectivity index (χ1v) is 23.3. The summed E-state index contributed by atoms with van der Waals surface area (Å²) in [5.41, 5.74) is 4.91. The number of hydrogen-bond donors (Lipinski definition) is 4. The van der Waals surface area contributed by atoms with Crippen molar-refractivity contribution < 1.29 is 33.6 Å². The number of amides is 7. The number of anilines is 4. The van der Waals surface area contributed by atoms with Gasteiger partial charge in [-0.15, -0.1) is 0 Å². The molecule has 350 valence electrons. The monoisotopic (exact) mass is 920 g/mol. The average molecular weight is 921 g/mol. The van der Waals surface area contributed by atoms with Crippen LogP contribution in [0.5, 0.6) is 0 Å². The van der Waals surface area contributed by atoms with Gasteiger partial charge in [0.25, 0.3) is 11.8 Å². The van der Waals surface area contributed by atoms with Crippen LogP contribution in [0.3, 0.4) is 0 Å². The third-order valence-electron chi connectivity index (χ3n) is 13.9. The van der Waals surface area contributed by atoms with Gasteiger partial charge in [0.05, 0.1) is 30.4 Å².